The lowest BCUT2D eigenvalue weighted by Gasteiger charge is -2.47. The van der Waals surface area contributed by atoms with Gasteiger partial charge in [0.05, 0.1) is 20.7 Å². The quantitative estimate of drug-likeness (QED) is 0.0753. The predicted octanol–water partition coefficient (Wildman–Crippen LogP) is 11.1. The van der Waals surface area contributed by atoms with E-state index in [9.17, 15) is 20.2 Å². The Morgan fingerprint density at radius 2 is 0.911 bits per heavy atom. The summed E-state index contributed by atoms with van der Waals surface area (Å²) < 4.78 is 13.7. The van der Waals surface area contributed by atoms with Crippen LogP contribution in [0.5, 0.6) is 11.5 Å². The topological polar surface area (TPSA) is 111 Å². The summed E-state index contributed by atoms with van der Waals surface area (Å²) in [6.45, 7) is 10.6. The van der Waals surface area contributed by atoms with Crippen molar-refractivity contribution in [2.75, 3.05) is 22.9 Å². The van der Waals surface area contributed by atoms with E-state index in [-0.39, 0.29) is 32.1 Å². The summed E-state index contributed by atoms with van der Waals surface area (Å²) in [4.78, 5) is 26.9. The maximum absolute atomic E-state index is 11.4. The number of para-hydroxylation sites is 2. The fourth-order valence-corrected chi connectivity index (χ4v) is 9.58. The molecule has 4 aliphatic rings. The Hall–Kier alpha value is -5.64. The Balaban J connectivity index is 0.851. The SMILES string of the molecule is CC1(C)c2ccccc2N(CCCCCCCCCCN2c3ccccc3C(C)(C)C23C=Cc2cc([N+](=O)[O-])ccc2O3)C12C=Cc1cc([N+](=O)[O-])ccc1O2. The lowest BCUT2D eigenvalue weighted by molar-refractivity contribution is -0.385. The van der Waals surface area contributed by atoms with E-state index < -0.39 is 11.4 Å². The van der Waals surface area contributed by atoms with Crippen LogP contribution in [0.3, 0.4) is 0 Å². The molecule has 56 heavy (non-hydrogen) atoms. The van der Waals surface area contributed by atoms with Crippen molar-refractivity contribution in [1.29, 1.82) is 0 Å². The van der Waals surface area contributed by atoms with Gasteiger partial charge in [-0.25, -0.2) is 0 Å². The average molecular weight is 755 g/mol. The van der Waals surface area contributed by atoms with Crippen molar-refractivity contribution in [1.82, 2.24) is 0 Å². The Labute approximate surface area is 328 Å². The second-order valence-electron chi connectivity index (χ2n) is 16.6. The minimum Gasteiger partial charge on any atom is -0.463 e. The van der Waals surface area contributed by atoms with E-state index in [1.54, 1.807) is 24.3 Å². The zero-order valence-electron chi connectivity index (χ0n) is 32.7. The molecule has 4 aliphatic heterocycles. The summed E-state index contributed by atoms with van der Waals surface area (Å²) in [5.74, 6) is 1.33. The van der Waals surface area contributed by atoms with Crippen LogP contribution in [-0.4, -0.2) is 34.4 Å². The first kappa shape index (κ1) is 37.3. The summed E-state index contributed by atoms with van der Waals surface area (Å²) in [7, 11) is 0. The van der Waals surface area contributed by atoms with Gasteiger partial charge >= 0.3 is 0 Å². The molecule has 290 valence electrons. The van der Waals surface area contributed by atoms with E-state index in [4.69, 9.17) is 9.47 Å². The number of hydrogen-bond donors (Lipinski definition) is 0. The number of unbranched alkanes of at least 4 members (excludes halogenated alkanes) is 7. The van der Waals surface area contributed by atoms with Crippen LogP contribution in [-0.2, 0) is 10.8 Å². The van der Waals surface area contributed by atoms with Crippen molar-refractivity contribution in [2.24, 2.45) is 0 Å². The third-order valence-electron chi connectivity index (χ3n) is 12.8. The molecular weight excluding hydrogens is 705 g/mol. The van der Waals surface area contributed by atoms with Gasteiger partial charge in [0, 0.05) is 59.9 Å². The molecule has 2 atom stereocenters. The van der Waals surface area contributed by atoms with Crippen LogP contribution in [0.2, 0.25) is 0 Å². The smallest absolute Gasteiger partial charge is 0.270 e. The Morgan fingerprint density at radius 1 is 0.536 bits per heavy atom. The number of nitrogens with zero attached hydrogens (tertiary/aromatic N) is 4. The van der Waals surface area contributed by atoms with Gasteiger partial charge in [-0.1, -0.05) is 74.9 Å². The van der Waals surface area contributed by atoms with Crippen LogP contribution in [0.25, 0.3) is 12.2 Å². The van der Waals surface area contributed by atoms with E-state index in [1.807, 2.05) is 12.2 Å². The number of fused-ring (bicyclic) bond motifs is 4. The maximum Gasteiger partial charge on any atom is 0.270 e. The molecule has 0 N–H and O–H groups in total. The highest BCUT2D eigenvalue weighted by atomic mass is 16.6. The molecule has 2 spiro atoms. The maximum atomic E-state index is 11.4. The summed E-state index contributed by atoms with van der Waals surface area (Å²) in [6, 6.07) is 26.8. The molecule has 0 fully saturated rings. The Kier molecular flexibility index (Phi) is 9.42. The molecule has 2 unspecified atom stereocenters. The molecular formula is C46H50N4O6. The molecule has 4 heterocycles. The first-order chi connectivity index (χ1) is 26.9. The van der Waals surface area contributed by atoms with Crippen molar-refractivity contribution in [2.45, 2.75) is 101 Å². The molecule has 0 saturated carbocycles. The van der Waals surface area contributed by atoms with Gasteiger partial charge in [0.15, 0.2) is 0 Å². The Morgan fingerprint density at radius 3 is 1.30 bits per heavy atom. The van der Waals surface area contributed by atoms with Gasteiger partial charge in [0.2, 0.25) is 11.4 Å². The lowest BCUT2D eigenvalue weighted by atomic mass is 9.76. The molecule has 0 saturated heterocycles. The van der Waals surface area contributed by atoms with Crippen LogP contribution in [0.1, 0.15) is 101 Å². The third kappa shape index (κ3) is 5.92. The Bertz CT molecular complexity index is 2090. The van der Waals surface area contributed by atoms with Crippen molar-refractivity contribution in [3.63, 3.8) is 0 Å². The molecule has 4 aromatic rings. The number of benzene rings is 4. The van der Waals surface area contributed by atoms with E-state index in [0.717, 1.165) is 49.9 Å². The van der Waals surface area contributed by atoms with Gasteiger partial charge in [-0.15, -0.1) is 0 Å². The minimum absolute atomic E-state index is 0.0598. The van der Waals surface area contributed by atoms with E-state index in [0.29, 0.717) is 11.5 Å². The highest BCUT2D eigenvalue weighted by Crippen LogP contribution is 2.56. The van der Waals surface area contributed by atoms with Gasteiger partial charge in [0.1, 0.15) is 11.5 Å². The molecule has 0 aliphatic carbocycles. The summed E-state index contributed by atoms with van der Waals surface area (Å²) in [5, 5.41) is 22.8. The van der Waals surface area contributed by atoms with Crippen molar-refractivity contribution in [3.8, 4) is 11.5 Å². The zero-order chi connectivity index (χ0) is 39.3. The number of anilines is 2. The lowest BCUT2D eigenvalue weighted by Crippen LogP contribution is -2.59. The summed E-state index contributed by atoms with van der Waals surface area (Å²) in [6.07, 6.45) is 17.2. The van der Waals surface area contributed by atoms with E-state index in [2.05, 4.69) is 98.2 Å². The van der Waals surface area contributed by atoms with Gasteiger partial charge in [-0.05, 0) is 100 Å². The second kappa shape index (κ2) is 14.1. The third-order valence-corrected chi connectivity index (χ3v) is 12.8. The molecule has 10 heteroatoms. The van der Waals surface area contributed by atoms with Gasteiger partial charge in [-0.2, -0.15) is 0 Å². The summed E-state index contributed by atoms with van der Waals surface area (Å²) in [5.41, 5.74) is 4.26. The van der Waals surface area contributed by atoms with Crippen LogP contribution < -0.4 is 19.3 Å². The normalized spacial score (nSPS) is 21.6. The second-order valence-corrected chi connectivity index (χ2v) is 16.6. The van der Waals surface area contributed by atoms with E-state index >= 15 is 0 Å². The minimum atomic E-state index is -0.730. The first-order valence-corrected chi connectivity index (χ1v) is 20.0. The standard InChI is InChI=1S/C46H50N4O6/c1-43(2)37-17-11-13-19-39(37)47(45(43)27-25-33-31-35(49(51)52)21-23-41(33)55-45)29-15-9-7-5-6-8-10-16-30-48-40-20-14-12-18-38(40)44(3,4)46(48)28-26-34-32-36(50(53)54)22-24-42(34)56-46/h11-14,17-28,31-32H,5-10,15-16,29-30H2,1-4H3. The molecule has 4 aromatic carbocycles. The first-order valence-electron chi connectivity index (χ1n) is 20.0. The van der Waals surface area contributed by atoms with Crippen LogP contribution in [0.4, 0.5) is 22.7 Å². The van der Waals surface area contributed by atoms with Crippen LogP contribution in [0, 0.1) is 20.2 Å². The molecule has 0 aromatic heterocycles. The van der Waals surface area contributed by atoms with Crippen LogP contribution >= 0.6 is 0 Å². The number of rotatable bonds is 13. The highest BCUT2D eigenvalue weighted by Gasteiger charge is 2.60. The fourth-order valence-electron chi connectivity index (χ4n) is 9.58. The van der Waals surface area contributed by atoms with Gasteiger partial charge in [0.25, 0.3) is 11.4 Å². The van der Waals surface area contributed by atoms with Crippen molar-refractivity contribution >= 4 is 34.9 Å². The number of non-ortho nitro benzene ring substituents is 2. The number of nitro benzene ring substituents is 2. The molecule has 8 rings (SSSR count). The fraction of sp³-hybridized carbons (Fsp3) is 0.391. The largest absolute Gasteiger partial charge is 0.463 e. The average Bonchev–Trinajstić information content (AvgIpc) is 3.48. The predicted molar refractivity (Wildman–Crippen MR) is 222 cm³/mol. The van der Waals surface area contributed by atoms with Crippen LogP contribution in [0.15, 0.2) is 97.1 Å². The van der Waals surface area contributed by atoms with Gasteiger partial charge < -0.3 is 19.3 Å². The summed E-state index contributed by atoms with van der Waals surface area (Å²) >= 11 is 0. The zero-order valence-corrected chi connectivity index (χ0v) is 32.7. The highest BCUT2D eigenvalue weighted by molar-refractivity contribution is 5.74. The van der Waals surface area contributed by atoms with E-state index in [1.165, 1.54) is 60.3 Å². The molecule has 0 bridgehead atoms. The molecule has 0 radical (unpaired) electrons. The number of nitro groups is 2. The van der Waals surface area contributed by atoms with Crippen molar-refractivity contribution < 1.29 is 19.3 Å². The van der Waals surface area contributed by atoms with Gasteiger partial charge in [-0.3, -0.25) is 20.2 Å². The number of hydrogen-bond acceptors (Lipinski definition) is 8. The van der Waals surface area contributed by atoms with Crippen molar-refractivity contribution in [3.05, 3.63) is 140 Å². The monoisotopic (exact) mass is 754 g/mol. The molecule has 0 amide bonds. The number of ether oxygens (including phenoxy) is 2. The molecule has 10 nitrogen and oxygen atoms in total.